The van der Waals surface area contributed by atoms with E-state index in [1.807, 2.05) is 26.0 Å². The minimum Gasteiger partial charge on any atom is -0.480 e. The molecule has 0 spiro atoms. The first-order valence-electron chi connectivity index (χ1n) is 5.98. The second-order valence-electron chi connectivity index (χ2n) is 5.05. The molecule has 1 amide bonds. The molecular weight excluding hydrogens is 246 g/mol. The normalized spacial score (nSPS) is 12.8. The van der Waals surface area contributed by atoms with Gasteiger partial charge in [-0.3, -0.25) is 14.6 Å². The Kier molecular flexibility index (Phi) is 5.00. The number of nitrogens with one attached hydrogen (secondary N) is 1. The van der Waals surface area contributed by atoms with Gasteiger partial charge in [-0.15, -0.1) is 0 Å². The van der Waals surface area contributed by atoms with Gasteiger partial charge in [0.2, 0.25) is 5.91 Å². The van der Waals surface area contributed by atoms with Crippen molar-refractivity contribution in [2.75, 3.05) is 6.54 Å². The molecule has 6 heteroatoms. The maximum atomic E-state index is 11.6. The molecule has 0 aliphatic heterocycles. The molecule has 0 aromatic carbocycles. The minimum absolute atomic E-state index is 0.220. The van der Waals surface area contributed by atoms with E-state index in [9.17, 15) is 9.59 Å². The molecule has 0 saturated heterocycles. The fraction of sp³-hybridized carbons (Fsp3) is 0.462. The van der Waals surface area contributed by atoms with E-state index in [0.29, 0.717) is 6.54 Å². The molecule has 0 radical (unpaired) electrons. The Morgan fingerprint density at radius 1 is 1.42 bits per heavy atom. The highest BCUT2D eigenvalue weighted by Gasteiger charge is 2.22. The third-order valence-electron chi connectivity index (χ3n) is 2.91. The SMILES string of the molecule is CC(C)(CNC(=O)CC(N)C(=O)O)c1ccncc1. The smallest absolute Gasteiger partial charge is 0.321 e. The van der Waals surface area contributed by atoms with Crippen molar-refractivity contribution in [3.05, 3.63) is 30.1 Å². The summed E-state index contributed by atoms with van der Waals surface area (Å²) in [5.74, 6) is -1.54. The Morgan fingerprint density at radius 2 is 2.00 bits per heavy atom. The molecule has 104 valence electrons. The van der Waals surface area contributed by atoms with E-state index in [0.717, 1.165) is 5.56 Å². The van der Waals surface area contributed by atoms with Crippen LogP contribution >= 0.6 is 0 Å². The highest BCUT2D eigenvalue weighted by molar-refractivity contribution is 5.84. The number of aromatic nitrogens is 1. The number of aliphatic carboxylic acids is 1. The fourth-order valence-corrected chi connectivity index (χ4v) is 1.58. The van der Waals surface area contributed by atoms with Gasteiger partial charge in [-0.25, -0.2) is 0 Å². The van der Waals surface area contributed by atoms with Crippen molar-refractivity contribution in [3.8, 4) is 0 Å². The van der Waals surface area contributed by atoms with Gasteiger partial charge in [-0.05, 0) is 17.7 Å². The lowest BCUT2D eigenvalue weighted by Gasteiger charge is -2.25. The molecule has 1 atom stereocenters. The molecule has 1 rings (SSSR count). The van der Waals surface area contributed by atoms with E-state index < -0.39 is 12.0 Å². The standard InChI is InChI=1S/C13H19N3O3/c1-13(2,9-3-5-15-6-4-9)8-16-11(17)7-10(14)12(18)19/h3-6,10H,7-8,14H2,1-2H3,(H,16,17)(H,18,19). The Bertz CT molecular complexity index is 446. The largest absolute Gasteiger partial charge is 0.480 e. The number of rotatable bonds is 6. The van der Waals surface area contributed by atoms with Gasteiger partial charge in [-0.1, -0.05) is 13.8 Å². The summed E-state index contributed by atoms with van der Waals surface area (Å²) in [6, 6.07) is 2.61. The van der Waals surface area contributed by atoms with Gasteiger partial charge >= 0.3 is 5.97 Å². The lowest BCUT2D eigenvalue weighted by molar-refractivity contribution is -0.140. The van der Waals surface area contributed by atoms with Crippen LogP contribution in [0.3, 0.4) is 0 Å². The fourth-order valence-electron chi connectivity index (χ4n) is 1.58. The van der Waals surface area contributed by atoms with Crippen LogP contribution < -0.4 is 11.1 Å². The van der Waals surface area contributed by atoms with Crippen molar-refractivity contribution in [3.63, 3.8) is 0 Å². The number of carbonyl (C=O) groups excluding carboxylic acids is 1. The number of carbonyl (C=O) groups is 2. The third kappa shape index (κ3) is 4.67. The van der Waals surface area contributed by atoms with E-state index in [1.165, 1.54) is 0 Å². The van der Waals surface area contributed by atoms with Crippen molar-refractivity contribution >= 4 is 11.9 Å². The number of nitrogens with zero attached hydrogens (tertiary/aromatic N) is 1. The highest BCUT2D eigenvalue weighted by atomic mass is 16.4. The van der Waals surface area contributed by atoms with Crippen molar-refractivity contribution in [2.24, 2.45) is 5.73 Å². The van der Waals surface area contributed by atoms with Crippen LogP contribution in [-0.2, 0) is 15.0 Å². The summed E-state index contributed by atoms with van der Waals surface area (Å²) in [7, 11) is 0. The highest BCUT2D eigenvalue weighted by Crippen LogP contribution is 2.21. The first kappa shape index (κ1) is 15.1. The Labute approximate surface area is 112 Å². The predicted molar refractivity (Wildman–Crippen MR) is 70.5 cm³/mol. The van der Waals surface area contributed by atoms with Crippen LogP contribution in [0.15, 0.2) is 24.5 Å². The van der Waals surface area contributed by atoms with Crippen molar-refractivity contribution in [1.82, 2.24) is 10.3 Å². The van der Waals surface area contributed by atoms with Gasteiger partial charge in [0, 0.05) is 24.4 Å². The van der Waals surface area contributed by atoms with Crippen LogP contribution in [0, 0.1) is 0 Å². The summed E-state index contributed by atoms with van der Waals surface area (Å²) in [6.07, 6.45) is 3.17. The van der Waals surface area contributed by atoms with Gasteiger partial charge in [-0.2, -0.15) is 0 Å². The number of pyridine rings is 1. The number of hydrogen-bond acceptors (Lipinski definition) is 4. The average Bonchev–Trinajstić information content (AvgIpc) is 2.37. The first-order valence-corrected chi connectivity index (χ1v) is 5.98. The molecule has 6 nitrogen and oxygen atoms in total. The Hall–Kier alpha value is -1.95. The second-order valence-corrected chi connectivity index (χ2v) is 5.05. The summed E-state index contributed by atoms with van der Waals surface area (Å²) >= 11 is 0. The van der Waals surface area contributed by atoms with E-state index in [1.54, 1.807) is 12.4 Å². The zero-order valence-electron chi connectivity index (χ0n) is 11.1. The predicted octanol–water partition coefficient (Wildman–Crippen LogP) is 0.277. The summed E-state index contributed by atoms with van der Waals surface area (Å²) in [6.45, 7) is 4.38. The van der Waals surface area contributed by atoms with Gasteiger partial charge < -0.3 is 16.2 Å². The van der Waals surface area contributed by atoms with E-state index in [-0.39, 0.29) is 17.7 Å². The number of carboxylic acid groups (broad SMARTS) is 1. The molecule has 4 N–H and O–H groups in total. The maximum Gasteiger partial charge on any atom is 0.321 e. The molecule has 1 aromatic rings. The molecule has 0 bridgehead atoms. The Morgan fingerprint density at radius 3 is 2.53 bits per heavy atom. The number of nitrogens with two attached hydrogens (primary N) is 1. The average molecular weight is 265 g/mol. The molecule has 19 heavy (non-hydrogen) atoms. The summed E-state index contributed by atoms with van der Waals surface area (Å²) in [5.41, 5.74) is 6.09. The zero-order chi connectivity index (χ0) is 14.5. The first-order chi connectivity index (χ1) is 8.83. The summed E-state index contributed by atoms with van der Waals surface area (Å²) < 4.78 is 0. The number of hydrogen-bond donors (Lipinski definition) is 3. The monoisotopic (exact) mass is 265 g/mol. The van der Waals surface area contributed by atoms with Crippen molar-refractivity contribution in [1.29, 1.82) is 0 Å². The molecule has 0 aliphatic carbocycles. The minimum atomic E-state index is -1.18. The third-order valence-corrected chi connectivity index (χ3v) is 2.91. The summed E-state index contributed by atoms with van der Waals surface area (Å²) in [4.78, 5) is 26.1. The van der Waals surface area contributed by atoms with Gasteiger partial charge in [0.15, 0.2) is 0 Å². The molecule has 0 saturated carbocycles. The van der Waals surface area contributed by atoms with E-state index >= 15 is 0 Å². The van der Waals surface area contributed by atoms with Gasteiger partial charge in [0.25, 0.3) is 0 Å². The van der Waals surface area contributed by atoms with Gasteiger partial charge in [0.05, 0.1) is 6.42 Å². The van der Waals surface area contributed by atoms with Gasteiger partial charge in [0.1, 0.15) is 6.04 Å². The molecule has 1 unspecified atom stereocenters. The van der Waals surface area contributed by atoms with E-state index in [2.05, 4.69) is 10.3 Å². The van der Waals surface area contributed by atoms with Crippen LogP contribution in [0.2, 0.25) is 0 Å². The molecule has 1 aromatic heterocycles. The number of carboxylic acids is 1. The van der Waals surface area contributed by atoms with Crippen LogP contribution in [0.4, 0.5) is 0 Å². The lowest BCUT2D eigenvalue weighted by atomic mass is 9.85. The number of amides is 1. The second kappa shape index (κ2) is 6.29. The topological polar surface area (TPSA) is 105 Å². The molecule has 0 fully saturated rings. The van der Waals surface area contributed by atoms with E-state index in [4.69, 9.17) is 10.8 Å². The van der Waals surface area contributed by atoms with Crippen LogP contribution in [0.1, 0.15) is 25.8 Å². The summed E-state index contributed by atoms with van der Waals surface area (Å²) in [5, 5.41) is 11.3. The Balaban J connectivity index is 2.52. The molecule has 0 aliphatic rings. The molecule has 1 heterocycles. The zero-order valence-corrected chi connectivity index (χ0v) is 11.1. The van der Waals surface area contributed by atoms with Crippen LogP contribution in [-0.4, -0.2) is 34.6 Å². The van der Waals surface area contributed by atoms with Crippen LogP contribution in [0.25, 0.3) is 0 Å². The lowest BCUT2D eigenvalue weighted by Crippen LogP contribution is -2.41. The van der Waals surface area contributed by atoms with Crippen molar-refractivity contribution < 1.29 is 14.7 Å². The quantitative estimate of drug-likeness (QED) is 0.685. The molecular formula is C13H19N3O3. The van der Waals surface area contributed by atoms with Crippen molar-refractivity contribution in [2.45, 2.75) is 31.7 Å². The van der Waals surface area contributed by atoms with Crippen LogP contribution in [0.5, 0.6) is 0 Å². The maximum absolute atomic E-state index is 11.6.